The lowest BCUT2D eigenvalue weighted by atomic mass is 9.97. The molecular weight excluding hydrogens is 390 g/mol. The van der Waals surface area contributed by atoms with Crippen molar-refractivity contribution in [1.82, 2.24) is 9.62 Å². The molecular formula is C21H25N3O4S. The zero-order valence-corrected chi connectivity index (χ0v) is 17.1. The molecule has 7 nitrogen and oxygen atoms in total. The van der Waals surface area contributed by atoms with Crippen molar-refractivity contribution in [3.05, 3.63) is 65.2 Å². The number of nitrogens with zero attached hydrogens (tertiary/aromatic N) is 1. The predicted octanol–water partition coefficient (Wildman–Crippen LogP) is 1.81. The smallest absolute Gasteiger partial charge is 0.248 e. The SMILES string of the molecule is Cc1ccc(CNC(=O)C2CCN(S(=O)(=O)c3ccc(C(N)=O)cc3)CC2)cc1. The zero-order chi connectivity index (χ0) is 21.0. The Hall–Kier alpha value is -2.71. The first-order chi connectivity index (χ1) is 13.8. The maximum Gasteiger partial charge on any atom is 0.248 e. The number of aryl methyl sites for hydroxylation is 1. The largest absolute Gasteiger partial charge is 0.366 e. The first-order valence-electron chi connectivity index (χ1n) is 9.50. The van der Waals surface area contributed by atoms with E-state index < -0.39 is 15.9 Å². The Morgan fingerprint density at radius 2 is 1.62 bits per heavy atom. The van der Waals surface area contributed by atoms with Gasteiger partial charge in [-0.2, -0.15) is 4.31 Å². The predicted molar refractivity (Wildman–Crippen MR) is 109 cm³/mol. The molecule has 0 unspecified atom stereocenters. The number of hydrogen-bond acceptors (Lipinski definition) is 4. The van der Waals surface area contributed by atoms with Crippen LogP contribution in [0.25, 0.3) is 0 Å². The van der Waals surface area contributed by atoms with Crippen LogP contribution in [-0.2, 0) is 21.4 Å². The van der Waals surface area contributed by atoms with Crippen molar-refractivity contribution in [1.29, 1.82) is 0 Å². The van der Waals surface area contributed by atoms with Gasteiger partial charge in [0.1, 0.15) is 0 Å². The summed E-state index contributed by atoms with van der Waals surface area (Å²) in [5.74, 6) is -0.857. The Kier molecular flexibility index (Phi) is 6.34. The van der Waals surface area contributed by atoms with Crippen LogP contribution in [0.3, 0.4) is 0 Å². The molecule has 0 spiro atoms. The van der Waals surface area contributed by atoms with Crippen LogP contribution in [0.1, 0.15) is 34.3 Å². The minimum atomic E-state index is -3.66. The van der Waals surface area contributed by atoms with Crippen molar-refractivity contribution >= 4 is 21.8 Å². The summed E-state index contributed by atoms with van der Waals surface area (Å²) in [4.78, 5) is 23.7. The van der Waals surface area contributed by atoms with E-state index in [1.54, 1.807) is 0 Å². The molecule has 0 aromatic heterocycles. The molecule has 29 heavy (non-hydrogen) atoms. The number of hydrogen-bond donors (Lipinski definition) is 2. The van der Waals surface area contributed by atoms with Crippen molar-refractivity contribution in [3.8, 4) is 0 Å². The Balaban J connectivity index is 1.55. The minimum Gasteiger partial charge on any atom is -0.366 e. The molecule has 1 fully saturated rings. The van der Waals surface area contributed by atoms with Gasteiger partial charge >= 0.3 is 0 Å². The molecule has 2 aromatic rings. The van der Waals surface area contributed by atoms with E-state index in [1.165, 1.54) is 28.6 Å². The Morgan fingerprint density at radius 3 is 2.17 bits per heavy atom. The molecule has 1 aliphatic rings. The average molecular weight is 416 g/mol. The maximum atomic E-state index is 12.8. The van der Waals surface area contributed by atoms with E-state index in [0.717, 1.165) is 11.1 Å². The second-order valence-corrected chi connectivity index (χ2v) is 9.21. The molecule has 8 heteroatoms. The first-order valence-corrected chi connectivity index (χ1v) is 10.9. The van der Waals surface area contributed by atoms with Crippen LogP contribution < -0.4 is 11.1 Å². The van der Waals surface area contributed by atoms with Gasteiger partial charge in [0, 0.05) is 31.1 Å². The van der Waals surface area contributed by atoms with Crippen LogP contribution in [0, 0.1) is 12.8 Å². The van der Waals surface area contributed by atoms with E-state index in [2.05, 4.69) is 5.32 Å². The molecule has 1 heterocycles. The second-order valence-electron chi connectivity index (χ2n) is 7.27. The third-order valence-corrected chi connectivity index (χ3v) is 7.10. The molecule has 3 N–H and O–H groups in total. The summed E-state index contributed by atoms with van der Waals surface area (Å²) in [6.45, 7) is 3.03. The van der Waals surface area contributed by atoms with Crippen LogP contribution in [0.5, 0.6) is 0 Å². The summed E-state index contributed by atoms with van der Waals surface area (Å²) in [5, 5.41) is 2.94. The van der Waals surface area contributed by atoms with Gasteiger partial charge in [-0.3, -0.25) is 9.59 Å². The summed E-state index contributed by atoms with van der Waals surface area (Å²) in [5.41, 5.74) is 7.64. The molecule has 0 bridgehead atoms. The molecule has 154 valence electrons. The monoisotopic (exact) mass is 415 g/mol. The quantitative estimate of drug-likeness (QED) is 0.750. The van der Waals surface area contributed by atoms with Crippen molar-refractivity contribution in [2.45, 2.75) is 31.2 Å². The van der Waals surface area contributed by atoms with Gasteiger partial charge in [-0.1, -0.05) is 29.8 Å². The Bertz CT molecular complexity index is 978. The van der Waals surface area contributed by atoms with E-state index >= 15 is 0 Å². The molecule has 0 saturated carbocycles. The number of primary amides is 1. The molecule has 3 rings (SSSR count). The fraction of sp³-hybridized carbons (Fsp3) is 0.333. The van der Waals surface area contributed by atoms with Crippen LogP contribution in [0.4, 0.5) is 0 Å². The van der Waals surface area contributed by atoms with Crippen LogP contribution in [0.15, 0.2) is 53.4 Å². The van der Waals surface area contributed by atoms with Gasteiger partial charge in [0.25, 0.3) is 0 Å². The molecule has 0 aliphatic carbocycles. The highest BCUT2D eigenvalue weighted by atomic mass is 32.2. The fourth-order valence-corrected chi connectivity index (χ4v) is 4.81. The van der Waals surface area contributed by atoms with Crippen LogP contribution in [-0.4, -0.2) is 37.6 Å². The highest BCUT2D eigenvalue weighted by Gasteiger charge is 2.32. The number of nitrogens with two attached hydrogens (primary N) is 1. The van der Waals surface area contributed by atoms with Crippen molar-refractivity contribution in [2.75, 3.05) is 13.1 Å². The van der Waals surface area contributed by atoms with Gasteiger partial charge in [-0.15, -0.1) is 0 Å². The number of piperidine rings is 1. The van der Waals surface area contributed by atoms with E-state index in [4.69, 9.17) is 5.73 Å². The third-order valence-electron chi connectivity index (χ3n) is 5.19. The third kappa shape index (κ3) is 5.02. The molecule has 0 atom stereocenters. The highest BCUT2D eigenvalue weighted by molar-refractivity contribution is 7.89. The number of sulfonamides is 1. The van der Waals surface area contributed by atoms with Gasteiger partial charge in [0.2, 0.25) is 21.8 Å². The van der Waals surface area contributed by atoms with Gasteiger partial charge < -0.3 is 11.1 Å². The second kappa shape index (κ2) is 8.75. The van der Waals surface area contributed by atoms with Crippen molar-refractivity contribution < 1.29 is 18.0 Å². The summed E-state index contributed by atoms with van der Waals surface area (Å²) in [7, 11) is -3.66. The lowest BCUT2D eigenvalue weighted by Gasteiger charge is -2.30. The normalized spacial score (nSPS) is 15.8. The zero-order valence-electron chi connectivity index (χ0n) is 16.3. The topological polar surface area (TPSA) is 110 Å². The summed E-state index contributed by atoms with van der Waals surface area (Å²) < 4.78 is 27.0. The van der Waals surface area contributed by atoms with Crippen LogP contribution >= 0.6 is 0 Å². The number of carbonyl (C=O) groups is 2. The maximum absolute atomic E-state index is 12.8. The number of amides is 2. The summed E-state index contributed by atoms with van der Waals surface area (Å²) >= 11 is 0. The van der Waals surface area contributed by atoms with Gasteiger partial charge in [-0.05, 0) is 49.6 Å². The molecule has 2 amide bonds. The average Bonchev–Trinajstić information content (AvgIpc) is 2.73. The standard InChI is InChI=1S/C21H25N3O4S/c1-15-2-4-16(5-3-15)14-23-21(26)18-10-12-24(13-11-18)29(27,28)19-8-6-17(7-9-19)20(22)25/h2-9,18H,10-14H2,1H3,(H2,22,25)(H,23,26). The summed E-state index contributed by atoms with van der Waals surface area (Å²) in [6.07, 6.45) is 0.941. The number of benzene rings is 2. The number of rotatable bonds is 6. The molecule has 0 radical (unpaired) electrons. The van der Waals surface area contributed by atoms with Crippen LogP contribution in [0.2, 0.25) is 0 Å². The summed E-state index contributed by atoms with van der Waals surface area (Å²) in [6, 6.07) is 13.5. The Labute approximate surface area is 171 Å². The van der Waals surface area contributed by atoms with Gasteiger partial charge in [-0.25, -0.2) is 8.42 Å². The van der Waals surface area contributed by atoms with Gasteiger partial charge in [0.15, 0.2) is 0 Å². The van der Waals surface area contributed by atoms with Crippen molar-refractivity contribution in [2.24, 2.45) is 11.7 Å². The molecule has 1 saturated heterocycles. The number of carbonyl (C=O) groups excluding carboxylic acids is 2. The number of nitrogens with one attached hydrogen (secondary N) is 1. The van der Waals surface area contributed by atoms with E-state index in [1.807, 2.05) is 31.2 Å². The lowest BCUT2D eigenvalue weighted by molar-refractivity contribution is -0.126. The minimum absolute atomic E-state index is 0.0477. The van der Waals surface area contributed by atoms with Gasteiger partial charge in [0.05, 0.1) is 4.90 Å². The Morgan fingerprint density at radius 1 is 1.03 bits per heavy atom. The molecule has 1 aliphatic heterocycles. The fourth-order valence-electron chi connectivity index (χ4n) is 3.34. The first kappa shape index (κ1) is 21.0. The van der Waals surface area contributed by atoms with E-state index in [-0.39, 0.29) is 35.4 Å². The van der Waals surface area contributed by atoms with E-state index in [9.17, 15) is 18.0 Å². The van der Waals surface area contributed by atoms with E-state index in [0.29, 0.717) is 19.4 Å². The van der Waals surface area contributed by atoms with Crippen molar-refractivity contribution in [3.63, 3.8) is 0 Å². The lowest BCUT2D eigenvalue weighted by Crippen LogP contribution is -2.42. The highest BCUT2D eigenvalue weighted by Crippen LogP contribution is 2.24. The molecule has 2 aromatic carbocycles.